The lowest BCUT2D eigenvalue weighted by Gasteiger charge is -2.00. The molecular weight excluding hydrogens is 208 g/mol. The highest BCUT2D eigenvalue weighted by Crippen LogP contribution is 2.21. The molecule has 0 amide bonds. The van der Waals surface area contributed by atoms with Gasteiger partial charge >= 0.3 is 0 Å². The van der Waals surface area contributed by atoms with Crippen molar-refractivity contribution in [3.05, 3.63) is 21.4 Å². The van der Waals surface area contributed by atoms with E-state index in [1.165, 1.54) is 0 Å². The number of thiocarbonyl (C=S) groups is 2. The first-order chi connectivity index (χ1) is 5.54. The van der Waals surface area contributed by atoms with Crippen molar-refractivity contribution in [3.63, 3.8) is 0 Å². The Morgan fingerprint density at radius 2 is 1.92 bits per heavy atom. The third kappa shape index (κ3) is 1.63. The summed E-state index contributed by atoms with van der Waals surface area (Å²) in [6, 6.07) is 0. The van der Waals surface area contributed by atoms with Crippen molar-refractivity contribution in [3.8, 4) is 0 Å². The van der Waals surface area contributed by atoms with Crippen molar-refractivity contribution in [2.75, 3.05) is 0 Å². The van der Waals surface area contributed by atoms with Crippen LogP contribution in [-0.2, 0) is 0 Å². The first kappa shape index (κ1) is 9.57. The minimum atomic E-state index is 0.349. The summed E-state index contributed by atoms with van der Waals surface area (Å²) in [5.74, 6) is 0. The summed E-state index contributed by atoms with van der Waals surface area (Å²) in [4.78, 5) is 1.77. The predicted molar refractivity (Wildman–Crippen MR) is 60.8 cm³/mol. The molecule has 0 atom stereocenters. The van der Waals surface area contributed by atoms with Gasteiger partial charge in [-0.15, -0.1) is 11.3 Å². The van der Waals surface area contributed by atoms with Crippen LogP contribution in [0, 0.1) is 6.92 Å². The average molecular weight is 216 g/mol. The highest BCUT2D eigenvalue weighted by molar-refractivity contribution is 7.81. The van der Waals surface area contributed by atoms with Gasteiger partial charge < -0.3 is 11.5 Å². The average Bonchev–Trinajstić information content (AvgIpc) is 2.30. The molecule has 1 heterocycles. The van der Waals surface area contributed by atoms with Gasteiger partial charge in [-0.25, -0.2) is 0 Å². The second kappa shape index (κ2) is 3.47. The number of nitrogens with two attached hydrogens (primary N) is 2. The Bertz CT molecular complexity index is 340. The van der Waals surface area contributed by atoms with Crippen LogP contribution < -0.4 is 11.5 Å². The lowest BCUT2D eigenvalue weighted by atomic mass is 10.1. The molecule has 1 rings (SSSR count). The zero-order valence-corrected chi connectivity index (χ0v) is 8.91. The van der Waals surface area contributed by atoms with Crippen LogP contribution in [0.4, 0.5) is 0 Å². The molecule has 2 nitrogen and oxygen atoms in total. The Balaban J connectivity index is 3.31. The monoisotopic (exact) mass is 216 g/mol. The fourth-order valence-corrected chi connectivity index (χ4v) is 2.38. The maximum absolute atomic E-state index is 5.52. The van der Waals surface area contributed by atoms with E-state index in [1.807, 2.05) is 12.3 Å². The van der Waals surface area contributed by atoms with E-state index < -0.39 is 0 Å². The van der Waals surface area contributed by atoms with Gasteiger partial charge in [0.15, 0.2) is 0 Å². The topological polar surface area (TPSA) is 52.0 Å². The van der Waals surface area contributed by atoms with Crippen molar-refractivity contribution in [1.82, 2.24) is 0 Å². The SMILES string of the molecule is Cc1scc(C(N)=S)c1C(N)=S. The number of hydrogen-bond acceptors (Lipinski definition) is 3. The molecule has 0 saturated carbocycles. The lowest BCUT2D eigenvalue weighted by Crippen LogP contribution is -2.17. The lowest BCUT2D eigenvalue weighted by molar-refractivity contribution is 1.55. The zero-order valence-electron chi connectivity index (χ0n) is 6.46. The summed E-state index contributed by atoms with van der Waals surface area (Å²) in [6.45, 7) is 1.95. The molecule has 0 unspecified atom stereocenters. The van der Waals surface area contributed by atoms with Crippen molar-refractivity contribution >= 4 is 45.7 Å². The van der Waals surface area contributed by atoms with Gasteiger partial charge in [-0.1, -0.05) is 24.4 Å². The molecule has 1 aromatic heterocycles. The second-order valence-electron chi connectivity index (χ2n) is 2.31. The third-order valence-electron chi connectivity index (χ3n) is 1.49. The van der Waals surface area contributed by atoms with Gasteiger partial charge in [-0.3, -0.25) is 0 Å². The minimum absolute atomic E-state index is 0.349. The minimum Gasteiger partial charge on any atom is -0.389 e. The number of aryl methyl sites for hydroxylation is 1. The van der Waals surface area contributed by atoms with Crippen molar-refractivity contribution < 1.29 is 0 Å². The van der Waals surface area contributed by atoms with Crippen LogP contribution in [0.5, 0.6) is 0 Å². The van der Waals surface area contributed by atoms with Crippen LogP contribution in [0.1, 0.15) is 16.0 Å². The maximum Gasteiger partial charge on any atom is 0.105 e. The highest BCUT2D eigenvalue weighted by atomic mass is 32.1. The van der Waals surface area contributed by atoms with Crippen molar-refractivity contribution in [2.24, 2.45) is 11.5 Å². The fraction of sp³-hybridized carbons (Fsp3) is 0.143. The second-order valence-corrected chi connectivity index (χ2v) is 4.27. The molecule has 0 saturated heterocycles. The number of hydrogen-bond donors (Lipinski definition) is 2. The number of rotatable bonds is 2. The molecule has 0 fully saturated rings. The molecule has 0 aromatic carbocycles. The Morgan fingerprint density at radius 1 is 1.33 bits per heavy atom. The van der Waals surface area contributed by atoms with E-state index in [0.29, 0.717) is 9.98 Å². The molecule has 0 spiro atoms. The van der Waals surface area contributed by atoms with Gasteiger partial charge in [0, 0.05) is 21.4 Å². The molecule has 4 N–H and O–H groups in total. The van der Waals surface area contributed by atoms with Crippen LogP contribution in [-0.4, -0.2) is 9.98 Å². The normalized spacial score (nSPS) is 9.75. The van der Waals surface area contributed by atoms with Gasteiger partial charge in [0.25, 0.3) is 0 Å². The molecule has 12 heavy (non-hydrogen) atoms. The molecule has 0 bridgehead atoms. The standard InChI is InChI=1S/C7H8N2S3/c1-3-5(7(9)11)4(2-12-3)6(8)10/h2H,1H3,(H2,8,10)(H2,9,11). The van der Waals surface area contributed by atoms with Gasteiger partial charge in [-0.05, 0) is 6.92 Å². The quantitative estimate of drug-likeness (QED) is 0.732. The fourth-order valence-electron chi connectivity index (χ4n) is 0.942. The molecule has 0 aliphatic rings. The highest BCUT2D eigenvalue weighted by Gasteiger charge is 2.12. The van der Waals surface area contributed by atoms with Crippen LogP contribution in [0.3, 0.4) is 0 Å². The smallest absolute Gasteiger partial charge is 0.105 e. The van der Waals surface area contributed by atoms with Crippen LogP contribution in [0.2, 0.25) is 0 Å². The first-order valence-corrected chi connectivity index (χ1v) is 4.91. The Kier molecular flexibility index (Phi) is 2.76. The molecule has 0 radical (unpaired) electrons. The van der Waals surface area contributed by atoms with E-state index in [4.69, 9.17) is 35.9 Å². The van der Waals surface area contributed by atoms with E-state index >= 15 is 0 Å². The zero-order chi connectivity index (χ0) is 9.30. The maximum atomic E-state index is 5.52. The van der Waals surface area contributed by atoms with Crippen LogP contribution in [0.15, 0.2) is 5.38 Å². The summed E-state index contributed by atoms with van der Waals surface area (Å²) in [5.41, 5.74) is 12.6. The third-order valence-corrected chi connectivity index (χ3v) is 2.82. The van der Waals surface area contributed by atoms with E-state index in [0.717, 1.165) is 16.0 Å². The summed E-state index contributed by atoms with van der Waals surface area (Å²) in [5, 5.41) is 1.88. The van der Waals surface area contributed by atoms with E-state index in [1.54, 1.807) is 11.3 Å². The summed E-state index contributed by atoms with van der Waals surface area (Å²) in [6.07, 6.45) is 0. The van der Waals surface area contributed by atoms with Gasteiger partial charge in [0.05, 0.1) is 0 Å². The summed E-state index contributed by atoms with van der Waals surface area (Å²) < 4.78 is 0. The van der Waals surface area contributed by atoms with E-state index in [9.17, 15) is 0 Å². The van der Waals surface area contributed by atoms with Crippen molar-refractivity contribution in [1.29, 1.82) is 0 Å². The van der Waals surface area contributed by atoms with Gasteiger partial charge in [-0.2, -0.15) is 0 Å². The first-order valence-electron chi connectivity index (χ1n) is 3.21. The number of thiophene rings is 1. The molecular formula is C7H8N2S3. The van der Waals surface area contributed by atoms with Crippen LogP contribution in [0.25, 0.3) is 0 Å². The Hall–Kier alpha value is -0.520. The van der Waals surface area contributed by atoms with Gasteiger partial charge in [0.1, 0.15) is 9.98 Å². The summed E-state index contributed by atoms with van der Waals surface area (Å²) in [7, 11) is 0. The molecule has 1 aromatic rings. The largest absolute Gasteiger partial charge is 0.389 e. The van der Waals surface area contributed by atoms with Crippen LogP contribution >= 0.6 is 35.8 Å². The van der Waals surface area contributed by atoms with E-state index in [2.05, 4.69) is 0 Å². The molecule has 0 aliphatic carbocycles. The molecule has 0 aliphatic heterocycles. The molecule has 5 heteroatoms. The summed E-state index contributed by atoms with van der Waals surface area (Å²) >= 11 is 11.3. The Labute approximate surface area is 85.6 Å². The predicted octanol–water partition coefficient (Wildman–Crippen LogP) is 1.32. The van der Waals surface area contributed by atoms with Crippen molar-refractivity contribution in [2.45, 2.75) is 6.92 Å². The Morgan fingerprint density at radius 3 is 2.25 bits per heavy atom. The van der Waals surface area contributed by atoms with Gasteiger partial charge in [0.2, 0.25) is 0 Å². The molecule has 64 valence electrons. The van der Waals surface area contributed by atoms with E-state index in [-0.39, 0.29) is 0 Å².